The summed E-state index contributed by atoms with van der Waals surface area (Å²) >= 11 is 0. The van der Waals surface area contributed by atoms with E-state index in [0.717, 1.165) is 61.6 Å². The van der Waals surface area contributed by atoms with E-state index in [0.29, 0.717) is 18.9 Å². The van der Waals surface area contributed by atoms with E-state index in [1.807, 2.05) is 53.0 Å². The highest BCUT2D eigenvalue weighted by molar-refractivity contribution is 5.76. The summed E-state index contributed by atoms with van der Waals surface area (Å²) in [4.78, 5) is 17.2. The van der Waals surface area contributed by atoms with Gasteiger partial charge < -0.3 is 9.64 Å². The van der Waals surface area contributed by atoms with Crippen molar-refractivity contribution in [3.05, 3.63) is 76.9 Å². The maximum absolute atomic E-state index is 13.4. The third-order valence-corrected chi connectivity index (χ3v) is 7.60. The van der Waals surface area contributed by atoms with Crippen molar-refractivity contribution in [2.24, 2.45) is 5.92 Å². The van der Waals surface area contributed by atoms with Gasteiger partial charge in [-0.3, -0.25) is 9.69 Å². The standard InChI is InChI=1S/C29H35FN4O2/c1-32(29(35)17-21-7-3-4-8-21)20-25-24-19-33(18-22-11-13-23(30)14-12-22)16-15-26(24)34(31-25)27-9-5-6-10-28(27)36-2/h5-6,9-14,21H,3-4,7-8,15-20H2,1-2H3. The van der Waals surface area contributed by atoms with Crippen molar-refractivity contribution in [1.29, 1.82) is 0 Å². The maximum Gasteiger partial charge on any atom is 0.222 e. The molecule has 1 saturated carbocycles. The Bertz CT molecular complexity index is 1200. The number of hydrogen-bond donors (Lipinski definition) is 0. The number of methoxy groups -OCH3 is 1. The molecule has 0 spiro atoms. The number of nitrogens with zero attached hydrogens (tertiary/aromatic N) is 4. The minimum Gasteiger partial charge on any atom is -0.494 e. The van der Waals surface area contributed by atoms with Crippen molar-refractivity contribution >= 4 is 5.91 Å². The summed E-state index contributed by atoms with van der Waals surface area (Å²) in [6, 6.07) is 14.6. The molecule has 7 heteroatoms. The molecule has 1 fully saturated rings. The molecule has 6 nitrogen and oxygen atoms in total. The van der Waals surface area contributed by atoms with Gasteiger partial charge in [0.25, 0.3) is 0 Å². The lowest BCUT2D eigenvalue weighted by Crippen LogP contribution is -2.32. The smallest absolute Gasteiger partial charge is 0.222 e. The molecule has 5 rings (SSSR count). The lowest BCUT2D eigenvalue weighted by Gasteiger charge is -2.28. The van der Waals surface area contributed by atoms with E-state index >= 15 is 0 Å². The summed E-state index contributed by atoms with van der Waals surface area (Å²) in [5, 5.41) is 5.04. The van der Waals surface area contributed by atoms with Gasteiger partial charge in [0.05, 0.1) is 25.0 Å². The van der Waals surface area contributed by atoms with E-state index in [9.17, 15) is 9.18 Å². The first-order valence-electron chi connectivity index (χ1n) is 13.0. The predicted molar refractivity (Wildman–Crippen MR) is 137 cm³/mol. The van der Waals surface area contributed by atoms with Gasteiger partial charge in [0.2, 0.25) is 5.91 Å². The third kappa shape index (κ3) is 5.31. The van der Waals surface area contributed by atoms with Crippen LogP contribution in [0, 0.1) is 11.7 Å². The number of carbonyl (C=O) groups excluding carboxylic acids is 1. The minimum atomic E-state index is -0.217. The average Bonchev–Trinajstić information content (AvgIpc) is 3.53. The molecule has 0 unspecified atom stereocenters. The first-order chi connectivity index (χ1) is 17.5. The summed E-state index contributed by atoms with van der Waals surface area (Å²) in [5.41, 5.74) is 5.27. The zero-order chi connectivity index (χ0) is 25.1. The van der Waals surface area contributed by atoms with Crippen molar-refractivity contribution in [2.45, 2.75) is 58.2 Å². The number of aromatic nitrogens is 2. The lowest BCUT2D eigenvalue weighted by molar-refractivity contribution is -0.131. The lowest BCUT2D eigenvalue weighted by atomic mass is 10.0. The van der Waals surface area contributed by atoms with Crippen LogP contribution in [-0.2, 0) is 30.8 Å². The number of halogens is 1. The van der Waals surface area contributed by atoms with Gasteiger partial charge in [-0.05, 0) is 48.6 Å². The van der Waals surface area contributed by atoms with Crippen molar-refractivity contribution in [3.63, 3.8) is 0 Å². The molecule has 0 radical (unpaired) electrons. The minimum absolute atomic E-state index is 0.196. The number of amides is 1. The molecule has 36 heavy (non-hydrogen) atoms. The van der Waals surface area contributed by atoms with Gasteiger partial charge in [0, 0.05) is 45.1 Å². The topological polar surface area (TPSA) is 50.6 Å². The van der Waals surface area contributed by atoms with Gasteiger partial charge in [0.15, 0.2) is 0 Å². The number of fused-ring (bicyclic) bond motifs is 1. The van der Waals surface area contributed by atoms with Gasteiger partial charge in [0.1, 0.15) is 17.3 Å². The zero-order valence-electron chi connectivity index (χ0n) is 21.3. The van der Waals surface area contributed by atoms with Crippen LogP contribution in [0.1, 0.15) is 54.6 Å². The van der Waals surface area contributed by atoms with Crippen LogP contribution < -0.4 is 4.74 Å². The largest absolute Gasteiger partial charge is 0.494 e. The van der Waals surface area contributed by atoms with E-state index in [1.165, 1.54) is 36.2 Å². The quantitative estimate of drug-likeness (QED) is 0.440. The first kappa shape index (κ1) is 24.5. The van der Waals surface area contributed by atoms with E-state index < -0.39 is 0 Å². The molecule has 1 aromatic heterocycles. The molecule has 3 aromatic rings. The van der Waals surface area contributed by atoms with Gasteiger partial charge in [-0.15, -0.1) is 0 Å². The monoisotopic (exact) mass is 490 g/mol. The molecule has 1 aliphatic heterocycles. The molecule has 2 aliphatic rings. The zero-order valence-corrected chi connectivity index (χ0v) is 21.3. The first-order valence-corrected chi connectivity index (χ1v) is 13.0. The molecule has 0 atom stereocenters. The summed E-state index contributed by atoms with van der Waals surface area (Å²) < 4.78 is 21.0. The molecule has 190 valence electrons. The fraction of sp³-hybridized carbons (Fsp3) is 0.448. The number of hydrogen-bond acceptors (Lipinski definition) is 4. The van der Waals surface area contributed by atoms with Crippen LogP contribution in [0.3, 0.4) is 0 Å². The highest BCUT2D eigenvalue weighted by atomic mass is 19.1. The van der Waals surface area contributed by atoms with E-state index in [4.69, 9.17) is 9.84 Å². The Balaban J connectivity index is 1.42. The van der Waals surface area contributed by atoms with Crippen molar-refractivity contribution < 1.29 is 13.9 Å². The Morgan fingerprint density at radius 1 is 1.14 bits per heavy atom. The summed E-state index contributed by atoms with van der Waals surface area (Å²) in [7, 11) is 3.57. The van der Waals surface area contributed by atoms with Crippen LogP contribution in [0.4, 0.5) is 4.39 Å². The molecule has 2 aromatic carbocycles. The van der Waals surface area contributed by atoms with Crippen molar-refractivity contribution in [2.75, 3.05) is 20.7 Å². The fourth-order valence-electron chi connectivity index (χ4n) is 5.59. The highest BCUT2D eigenvalue weighted by Crippen LogP contribution is 2.31. The molecule has 0 bridgehead atoms. The molecule has 2 heterocycles. The van der Waals surface area contributed by atoms with Gasteiger partial charge in [-0.2, -0.15) is 5.10 Å². The molecular weight excluding hydrogens is 455 g/mol. The SMILES string of the molecule is COc1ccccc1-n1nc(CN(C)C(=O)CC2CCCC2)c2c1CCN(Cc1ccc(F)cc1)C2. The van der Waals surface area contributed by atoms with Crippen LogP contribution in [-0.4, -0.2) is 46.2 Å². The third-order valence-electron chi connectivity index (χ3n) is 7.60. The molecule has 0 N–H and O–H groups in total. The van der Waals surface area contributed by atoms with E-state index in [1.54, 1.807) is 7.11 Å². The van der Waals surface area contributed by atoms with Crippen LogP contribution in [0.25, 0.3) is 5.69 Å². The van der Waals surface area contributed by atoms with E-state index in [-0.39, 0.29) is 11.7 Å². The summed E-state index contributed by atoms with van der Waals surface area (Å²) in [6.07, 6.45) is 6.26. The van der Waals surface area contributed by atoms with Crippen LogP contribution >= 0.6 is 0 Å². The molecular formula is C29H35FN4O2. The normalized spacial score (nSPS) is 16.2. The van der Waals surface area contributed by atoms with Gasteiger partial charge in [-0.25, -0.2) is 9.07 Å². The number of para-hydroxylation sites is 2. The second-order valence-corrected chi connectivity index (χ2v) is 10.1. The Morgan fingerprint density at radius 2 is 1.89 bits per heavy atom. The Labute approximate surface area is 212 Å². The van der Waals surface area contributed by atoms with Crippen LogP contribution in [0.5, 0.6) is 5.75 Å². The second kappa shape index (κ2) is 10.8. The van der Waals surface area contributed by atoms with Gasteiger partial charge >= 0.3 is 0 Å². The highest BCUT2D eigenvalue weighted by Gasteiger charge is 2.28. The number of ether oxygens (including phenoxy) is 1. The summed E-state index contributed by atoms with van der Waals surface area (Å²) in [5.74, 6) is 1.27. The van der Waals surface area contributed by atoms with Crippen molar-refractivity contribution in [1.82, 2.24) is 19.6 Å². The number of rotatable bonds is 8. The predicted octanol–water partition coefficient (Wildman–Crippen LogP) is 5.12. The summed E-state index contributed by atoms with van der Waals surface area (Å²) in [6.45, 7) is 2.85. The van der Waals surface area contributed by atoms with Gasteiger partial charge in [-0.1, -0.05) is 37.1 Å². The van der Waals surface area contributed by atoms with E-state index in [2.05, 4.69) is 4.90 Å². The van der Waals surface area contributed by atoms with Crippen LogP contribution in [0.2, 0.25) is 0 Å². The Hall–Kier alpha value is -3.19. The van der Waals surface area contributed by atoms with Crippen molar-refractivity contribution in [3.8, 4) is 11.4 Å². The molecule has 0 saturated heterocycles. The van der Waals surface area contributed by atoms with Crippen LogP contribution in [0.15, 0.2) is 48.5 Å². The molecule has 1 aliphatic carbocycles. The fourth-order valence-corrected chi connectivity index (χ4v) is 5.59. The average molecular weight is 491 g/mol. The second-order valence-electron chi connectivity index (χ2n) is 10.1. The number of benzene rings is 2. The number of carbonyl (C=O) groups is 1. The Morgan fingerprint density at radius 3 is 2.64 bits per heavy atom. The maximum atomic E-state index is 13.4. The Kier molecular flexibility index (Phi) is 7.37. The molecule has 1 amide bonds.